The summed E-state index contributed by atoms with van der Waals surface area (Å²) < 4.78 is 12.6. The highest BCUT2D eigenvalue weighted by Gasteiger charge is 2.23. The summed E-state index contributed by atoms with van der Waals surface area (Å²) in [6, 6.07) is 9.06. The number of aromatic nitrogens is 5. The Morgan fingerprint density at radius 1 is 1.20 bits per heavy atom. The molecular formula is C20H21ClN6O3. The van der Waals surface area contributed by atoms with E-state index >= 15 is 0 Å². The Morgan fingerprint density at radius 2 is 2.00 bits per heavy atom. The molecule has 1 aliphatic rings. The molecule has 0 atom stereocenters. The Labute approximate surface area is 177 Å². The normalized spacial score (nSPS) is 14.6. The van der Waals surface area contributed by atoms with E-state index in [2.05, 4.69) is 25.5 Å². The van der Waals surface area contributed by atoms with Gasteiger partial charge in [0, 0.05) is 12.0 Å². The molecule has 0 spiro atoms. The van der Waals surface area contributed by atoms with Crippen molar-refractivity contribution in [3.05, 3.63) is 52.6 Å². The smallest absolute Gasteiger partial charge is 0.262 e. The van der Waals surface area contributed by atoms with E-state index in [1.54, 1.807) is 23.9 Å². The average Bonchev–Trinajstić information content (AvgIpc) is 3.40. The minimum absolute atomic E-state index is 0. The number of benzene rings is 1. The van der Waals surface area contributed by atoms with Gasteiger partial charge in [-0.2, -0.15) is 10.1 Å². The van der Waals surface area contributed by atoms with Gasteiger partial charge in [0.25, 0.3) is 11.4 Å². The number of ether oxygens (including phenoxy) is 1. The quantitative estimate of drug-likeness (QED) is 0.514. The number of methoxy groups -OCH3 is 1. The van der Waals surface area contributed by atoms with Gasteiger partial charge in [0.2, 0.25) is 5.82 Å². The molecule has 3 aromatic heterocycles. The maximum Gasteiger partial charge on any atom is 0.262 e. The average molecular weight is 429 g/mol. The van der Waals surface area contributed by atoms with Crippen molar-refractivity contribution in [3.63, 3.8) is 0 Å². The number of nitrogens with zero attached hydrogens (tertiary/aromatic N) is 4. The molecule has 9 nitrogen and oxygen atoms in total. The third-order valence-electron chi connectivity index (χ3n) is 5.30. The summed E-state index contributed by atoms with van der Waals surface area (Å²) in [4.78, 5) is 19.7. The molecule has 1 aliphatic heterocycles. The second-order valence-electron chi connectivity index (χ2n) is 7.02. The van der Waals surface area contributed by atoms with Gasteiger partial charge in [0.15, 0.2) is 0 Å². The van der Waals surface area contributed by atoms with Crippen molar-refractivity contribution < 1.29 is 9.26 Å². The highest BCUT2D eigenvalue weighted by Crippen LogP contribution is 2.31. The molecule has 4 heterocycles. The molecule has 0 saturated carbocycles. The van der Waals surface area contributed by atoms with E-state index in [1.807, 2.05) is 24.3 Å². The zero-order valence-corrected chi connectivity index (χ0v) is 17.1. The number of para-hydroxylation sites is 1. The first-order valence-corrected chi connectivity index (χ1v) is 9.54. The third kappa shape index (κ3) is 3.46. The lowest BCUT2D eigenvalue weighted by atomic mass is 9.94. The number of nitrogens with one attached hydrogen (secondary N) is 2. The first-order chi connectivity index (χ1) is 14.2. The molecule has 30 heavy (non-hydrogen) atoms. The minimum atomic E-state index is -0.166. The van der Waals surface area contributed by atoms with Crippen LogP contribution in [-0.2, 0) is 0 Å². The molecule has 0 aliphatic carbocycles. The molecule has 0 bridgehead atoms. The van der Waals surface area contributed by atoms with Crippen molar-refractivity contribution >= 4 is 18.1 Å². The zero-order chi connectivity index (χ0) is 19.8. The van der Waals surface area contributed by atoms with Crippen molar-refractivity contribution in [1.29, 1.82) is 0 Å². The van der Waals surface area contributed by atoms with E-state index in [4.69, 9.17) is 9.26 Å². The largest absolute Gasteiger partial charge is 0.496 e. The molecule has 1 saturated heterocycles. The second-order valence-corrected chi connectivity index (χ2v) is 7.02. The van der Waals surface area contributed by atoms with Crippen LogP contribution in [0.25, 0.3) is 28.5 Å². The summed E-state index contributed by atoms with van der Waals surface area (Å²) >= 11 is 0. The van der Waals surface area contributed by atoms with Crippen molar-refractivity contribution in [2.75, 3.05) is 20.2 Å². The lowest BCUT2D eigenvalue weighted by molar-refractivity contribution is 0.405. The van der Waals surface area contributed by atoms with E-state index in [0.29, 0.717) is 34.2 Å². The van der Waals surface area contributed by atoms with E-state index < -0.39 is 0 Å². The van der Waals surface area contributed by atoms with Crippen molar-refractivity contribution in [3.8, 4) is 28.6 Å². The van der Waals surface area contributed by atoms with Gasteiger partial charge in [-0.15, -0.1) is 12.4 Å². The van der Waals surface area contributed by atoms with Gasteiger partial charge in [0.1, 0.15) is 11.4 Å². The number of rotatable bonds is 4. The van der Waals surface area contributed by atoms with E-state index in [9.17, 15) is 4.79 Å². The third-order valence-corrected chi connectivity index (χ3v) is 5.30. The number of fused-ring (bicyclic) bond motifs is 1. The standard InChI is InChI=1S/C20H20N6O3.ClH/c1-28-16-5-3-2-4-13(16)20-24-18(25-29-20)14-11-22-26-15(10-17(27)23-19(14)26)12-6-8-21-9-7-12;/h2-5,10-12,21H,6-9H2,1H3,(H,23,27);1H. The van der Waals surface area contributed by atoms with Gasteiger partial charge in [-0.05, 0) is 38.1 Å². The van der Waals surface area contributed by atoms with Gasteiger partial charge in [-0.25, -0.2) is 4.52 Å². The molecule has 10 heteroatoms. The van der Waals surface area contributed by atoms with Gasteiger partial charge in [-0.3, -0.25) is 4.79 Å². The Morgan fingerprint density at radius 3 is 2.80 bits per heavy atom. The summed E-state index contributed by atoms with van der Waals surface area (Å²) in [5, 5.41) is 12.0. The monoisotopic (exact) mass is 428 g/mol. The van der Waals surface area contributed by atoms with Crippen LogP contribution in [-0.4, -0.2) is 44.9 Å². The predicted octanol–water partition coefficient (Wildman–Crippen LogP) is 2.64. The lowest BCUT2D eigenvalue weighted by Crippen LogP contribution is -2.28. The predicted molar refractivity (Wildman–Crippen MR) is 113 cm³/mol. The fraction of sp³-hybridized carbons (Fsp3) is 0.300. The Bertz CT molecular complexity index is 1220. The fourth-order valence-electron chi connectivity index (χ4n) is 3.85. The van der Waals surface area contributed by atoms with Gasteiger partial charge < -0.3 is 19.6 Å². The Hall–Kier alpha value is -3.17. The SMILES string of the molecule is COc1ccccc1-c1nc(-c2cnn3c(C4CCNCC4)cc(=O)[nH]c23)no1.Cl. The molecule has 4 aromatic rings. The van der Waals surface area contributed by atoms with Crippen LogP contribution in [0, 0.1) is 0 Å². The number of hydrogen-bond acceptors (Lipinski definition) is 7. The molecule has 2 N–H and O–H groups in total. The summed E-state index contributed by atoms with van der Waals surface area (Å²) in [5.74, 6) is 1.63. The topological polar surface area (TPSA) is 110 Å². The van der Waals surface area contributed by atoms with E-state index in [1.165, 1.54) is 0 Å². The molecule has 1 fully saturated rings. The zero-order valence-electron chi connectivity index (χ0n) is 16.3. The Balaban J connectivity index is 0.00000218. The maximum absolute atomic E-state index is 12.3. The van der Waals surface area contributed by atoms with Crippen LogP contribution in [0.4, 0.5) is 0 Å². The van der Waals surface area contributed by atoms with Crippen molar-refractivity contribution in [2.45, 2.75) is 18.8 Å². The highest BCUT2D eigenvalue weighted by atomic mass is 35.5. The highest BCUT2D eigenvalue weighted by molar-refractivity contribution is 5.85. The van der Waals surface area contributed by atoms with Crippen molar-refractivity contribution in [2.24, 2.45) is 0 Å². The molecular weight excluding hydrogens is 408 g/mol. The van der Waals surface area contributed by atoms with E-state index in [-0.39, 0.29) is 23.9 Å². The van der Waals surface area contributed by atoms with Crippen LogP contribution in [0.15, 0.2) is 45.8 Å². The molecule has 5 rings (SSSR count). The van der Waals surface area contributed by atoms with Gasteiger partial charge in [-0.1, -0.05) is 17.3 Å². The van der Waals surface area contributed by atoms with Gasteiger partial charge >= 0.3 is 0 Å². The van der Waals surface area contributed by atoms with Crippen LogP contribution >= 0.6 is 12.4 Å². The van der Waals surface area contributed by atoms with Crippen LogP contribution in [0.3, 0.4) is 0 Å². The number of hydrogen-bond donors (Lipinski definition) is 2. The number of H-pyrrole nitrogens is 1. The van der Waals surface area contributed by atoms with Crippen LogP contribution < -0.4 is 15.6 Å². The second kappa shape index (κ2) is 8.29. The Kier molecular flexibility index (Phi) is 5.56. The summed E-state index contributed by atoms with van der Waals surface area (Å²) in [6.45, 7) is 1.86. The number of aromatic amines is 1. The molecule has 0 unspecified atom stereocenters. The van der Waals surface area contributed by atoms with Crippen LogP contribution in [0.1, 0.15) is 24.5 Å². The number of piperidine rings is 1. The first kappa shape index (κ1) is 20.1. The summed E-state index contributed by atoms with van der Waals surface area (Å²) in [5.41, 5.74) is 2.63. The summed E-state index contributed by atoms with van der Waals surface area (Å²) in [6.07, 6.45) is 3.59. The lowest BCUT2D eigenvalue weighted by Gasteiger charge is -2.23. The summed E-state index contributed by atoms with van der Waals surface area (Å²) in [7, 11) is 1.59. The van der Waals surface area contributed by atoms with E-state index in [0.717, 1.165) is 31.6 Å². The molecule has 1 aromatic carbocycles. The van der Waals surface area contributed by atoms with Crippen LogP contribution in [0.2, 0.25) is 0 Å². The molecule has 0 radical (unpaired) electrons. The number of halogens is 1. The maximum atomic E-state index is 12.3. The fourth-order valence-corrected chi connectivity index (χ4v) is 3.85. The van der Waals surface area contributed by atoms with Gasteiger partial charge in [0.05, 0.1) is 30.1 Å². The van der Waals surface area contributed by atoms with Crippen LogP contribution in [0.5, 0.6) is 5.75 Å². The molecule has 156 valence electrons. The minimum Gasteiger partial charge on any atom is -0.496 e. The van der Waals surface area contributed by atoms with Crippen molar-refractivity contribution in [1.82, 2.24) is 30.1 Å². The first-order valence-electron chi connectivity index (χ1n) is 9.54. The molecule has 0 amide bonds.